The molecule has 0 saturated carbocycles. The van der Waals surface area contributed by atoms with Crippen molar-refractivity contribution >= 4 is 43.6 Å². The highest BCUT2D eigenvalue weighted by atomic mass is 15.0. The highest BCUT2D eigenvalue weighted by Crippen LogP contribution is 2.41. The number of benzene rings is 7. The summed E-state index contributed by atoms with van der Waals surface area (Å²) in [6.07, 6.45) is 0. The predicted molar refractivity (Wildman–Crippen MR) is 195 cm³/mol. The average Bonchev–Trinajstić information content (AvgIpc) is 3.67. The molecule has 0 bridgehead atoms. The molecule has 2 heterocycles. The van der Waals surface area contributed by atoms with Crippen LogP contribution in [0, 0.1) is 22.7 Å². The number of para-hydroxylation sites is 4. The lowest BCUT2D eigenvalue weighted by molar-refractivity contribution is 1.17. The van der Waals surface area contributed by atoms with Crippen LogP contribution in [0.1, 0.15) is 11.1 Å². The van der Waals surface area contributed by atoms with Crippen LogP contribution in [0.2, 0.25) is 0 Å². The maximum absolute atomic E-state index is 10.5. The van der Waals surface area contributed by atoms with Crippen LogP contribution in [0.15, 0.2) is 158 Å². The van der Waals surface area contributed by atoms with Gasteiger partial charge in [0.1, 0.15) is 6.07 Å². The lowest BCUT2D eigenvalue weighted by Gasteiger charge is -2.18. The van der Waals surface area contributed by atoms with Crippen molar-refractivity contribution in [3.63, 3.8) is 0 Å². The van der Waals surface area contributed by atoms with E-state index >= 15 is 0 Å². The van der Waals surface area contributed by atoms with Gasteiger partial charge < -0.3 is 9.13 Å². The van der Waals surface area contributed by atoms with E-state index in [0.29, 0.717) is 16.8 Å². The van der Waals surface area contributed by atoms with Crippen molar-refractivity contribution in [2.24, 2.45) is 0 Å². The van der Waals surface area contributed by atoms with E-state index in [1.165, 1.54) is 10.8 Å². The number of fused-ring (bicyclic) bond motifs is 6. The SMILES string of the molecule is N#Cc1ccc(C#N)c(-n2c3ccccc3c3ccccc32)c1-c1cccc(-c2cccc(-n3c4ccccc4c4ccccc43)c2)c1. The van der Waals surface area contributed by atoms with Crippen molar-refractivity contribution in [1.29, 1.82) is 10.5 Å². The fourth-order valence-corrected chi connectivity index (χ4v) is 7.34. The molecule has 9 aromatic rings. The maximum Gasteiger partial charge on any atom is 0.101 e. The van der Waals surface area contributed by atoms with Gasteiger partial charge in [0.15, 0.2) is 0 Å². The van der Waals surface area contributed by atoms with Gasteiger partial charge in [-0.3, -0.25) is 0 Å². The molecule has 0 aliphatic rings. The zero-order chi connectivity index (χ0) is 32.2. The Morgan fingerprint density at radius 3 is 1.35 bits per heavy atom. The maximum atomic E-state index is 10.5. The first-order valence-electron chi connectivity index (χ1n) is 15.9. The van der Waals surface area contributed by atoms with E-state index in [1.807, 2.05) is 36.4 Å². The van der Waals surface area contributed by atoms with Crippen molar-refractivity contribution in [2.45, 2.75) is 0 Å². The fraction of sp³-hybridized carbons (Fsp3) is 0. The van der Waals surface area contributed by atoms with Crippen LogP contribution >= 0.6 is 0 Å². The van der Waals surface area contributed by atoms with Crippen molar-refractivity contribution < 1.29 is 0 Å². The molecule has 48 heavy (non-hydrogen) atoms. The van der Waals surface area contributed by atoms with Crippen LogP contribution in [-0.2, 0) is 0 Å². The molecule has 0 radical (unpaired) electrons. The molecule has 222 valence electrons. The first-order chi connectivity index (χ1) is 23.7. The summed E-state index contributed by atoms with van der Waals surface area (Å²) in [6.45, 7) is 0. The largest absolute Gasteiger partial charge is 0.309 e. The van der Waals surface area contributed by atoms with Crippen LogP contribution < -0.4 is 0 Å². The molecule has 0 aliphatic heterocycles. The molecule has 0 unspecified atom stereocenters. The van der Waals surface area contributed by atoms with Crippen LogP contribution in [0.4, 0.5) is 0 Å². The van der Waals surface area contributed by atoms with E-state index < -0.39 is 0 Å². The minimum atomic E-state index is 0.509. The number of hydrogen-bond acceptors (Lipinski definition) is 2. The summed E-state index contributed by atoms with van der Waals surface area (Å²) < 4.78 is 4.47. The number of aromatic nitrogens is 2. The molecule has 0 saturated heterocycles. The minimum Gasteiger partial charge on any atom is -0.309 e. The minimum absolute atomic E-state index is 0.509. The molecule has 0 fully saturated rings. The van der Waals surface area contributed by atoms with Gasteiger partial charge in [-0.15, -0.1) is 0 Å². The summed E-state index contributed by atoms with van der Waals surface area (Å²) in [7, 11) is 0. The highest BCUT2D eigenvalue weighted by molar-refractivity contribution is 6.11. The first kappa shape index (κ1) is 27.4. The predicted octanol–water partition coefficient (Wildman–Crippen LogP) is 11.0. The Labute approximate surface area is 277 Å². The molecule has 7 aromatic carbocycles. The molecule has 2 aromatic heterocycles. The Balaban J connectivity index is 1.27. The number of hydrogen-bond donors (Lipinski definition) is 0. The monoisotopic (exact) mass is 610 g/mol. The van der Waals surface area contributed by atoms with Gasteiger partial charge >= 0.3 is 0 Å². The van der Waals surface area contributed by atoms with Gasteiger partial charge in [0.05, 0.1) is 45.0 Å². The second-order valence-corrected chi connectivity index (χ2v) is 12.0. The summed E-state index contributed by atoms with van der Waals surface area (Å²) >= 11 is 0. The van der Waals surface area contributed by atoms with Gasteiger partial charge in [-0.05, 0) is 71.3 Å². The smallest absolute Gasteiger partial charge is 0.101 e. The second kappa shape index (κ2) is 10.9. The summed E-state index contributed by atoms with van der Waals surface area (Å²) in [5.74, 6) is 0. The van der Waals surface area contributed by atoms with Gasteiger partial charge in [-0.25, -0.2) is 0 Å². The van der Waals surface area contributed by atoms with E-state index in [9.17, 15) is 10.5 Å². The summed E-state index contributed by atoms with van der Waals surface area (Å²) in [5.41, 5.74) is 10.8. The van der Waals surface area contributed by atoms with E-state index in [4.69, 9.17) is 0 Å². The highest BCUT2D eigenvalue weighted by Gasteiger charge is 2.22. The fourth-order valence-electron chi connectivity index (χ4n) is 7.34. The standard InChI is InChI=1S/C44H26N4/c45-27-32-23-24-33(28-46)44(48-41-21-7-3-17-37(41)38-18-4-8-22-42(38)48)43(32)31-13-9-11-29(25-31)30-12-10-14-34(26-30)47-39-19-5-1-15-35(39)36-16-2-6-20-40(36)47/h1-26H. The van der Waals surface area contributed by atoms with Gasteiger partial charge in [0.2, 0.25) is 0 Å². The molecule has 0 spiro atoms. The van der Waals surface area contributed by atoms with E-state index in [0.717, 1.165) is 60.8 Å². The van der Waals surface area contributed by atoms with E-state index in [2.05, 4.69) is 130 Å². The second-order valence-electron chi connectivity index (χ2n) is 12.0. The molecule has 0 atom stereocenters. The van der Waals surface area contributed by atoms with Crippen molar-refractivity contribution in [2.75, 3.05) is 0 Å². The third-order valence-electron chi connectivity index (χ3n) is 9.39. The molecule has 9 rings (SSSR count). The van der Waals surface area contributed by atoms with E-state index in [-0.39, 0.29) is 0 Å². The Bertz CT molecular complexity index is 2710. The van der Waals surface area contributed by atoms with Crippen molar-refractivity contribution in [3.8, 4) is 45.8 Å². The Hall–Kier alpha value is -6.88. The summed E-state index contributed by atoms with van der Waals surface area (Å²) in [6, 6.07) is 58.9. The Morgan fingerprint density at radius 1 is 0.375 bits per heavy atom. The summed E-state index contributed by atoms with van der Waals surface area (Å²) in [5, 5.41) is 25.5. The lowest BCUT2D eigenvalue weighted by atomic mass is 9.92. The third kappa shape index (κ3) is 4.07. The lowest BCUT2D eigenvalue weighted by Crippen LogP contribution is -2.03. The Morgan fingerprint density at radius 2 is 0.812 bits per heavy atom. The molecule has 0 amide bonds. The van der Waals surface area contributed by atoms with Gasteiger partial charge in [-0.2, -0.15) is 10.5 Å². The molecular weight excluding hydrogens is 585 g/mol. The van der Waals surface area contributed by atoms with Crippen molar-refractivity contribution in [3.05, 3.63) is 169 Å². The third-order valence-corrected chi connectivity index (χ3v) is 9.39. The Kier molecular flexibility index (Phi) is 6.22. The zero-order valence-electron chi connectivity index (χ0n) is 25.8. The number of rotatable bonds is 4. The molecule has 4 nitrogen and oxygen atoms in total. The molecular formula is C44H26N4. The van der Waals surface area contributed by atoms with Gasteiger partial charge in [0.25, 0.3) is 0 Å². The van der Waals surface area contributed by atoms with Crippen LogP contribution in [0.25, 0.3) is 77.2 Å². The molecule has 0 N–H and O–H groups in total. The first-order valence-corrected chi connectivity index (χ1v) is 15.9. The quantitative estimate of drug-likeness (QED) is 0.199. The summed E-state index contributed by atoms with van der Waals surface area (Å²) in [4.78, 5) is 0. The average molecular weight is 611 g/mol. The van der Waals surface area contributed by atoms with E-state index in [1.54, 1.807) is 12.1 Å². The van der Waals surface area contributed by atoms with Crippen LogP contribution in [-0.4, -0.2) is 9.13 Å². The molecule has 0 aliphatic carbocycles. The van der Waals surface area contributed by atoms with Gasteiger partial charge in [0, 0.05) is 32.8 Å². The normalized spacial score (nSPS) is 11.3. The van der Waals surface area contributed by atoms with Crippen molar-refractivity contribution in [1.82, 2.24) is 9.13 Å². The zero-order valence-corrected chi connectivity index (χ0v) is 25.8. The van der Waals surface area contributed by atoms with Crippen LogP contribution in [0.5, 0.6) is 0 Å². The van der Waals surface area contributed by atoms with Gasteiger partial charge in [-0.1, -0.05) is 103 Å². The molecule has 4 heteroatoms. The van der Waals surface area contributed by atoms with Crippen LogP contribution in [0.3, 0.4) is 0 Å². The topological polar surface area (TPSA) is 57.4 Å². The number of nitriles is 2. The number of nitrogens with zero attached hydrogens (tertiary/aromatic N) is 4.